The van der Waals surface area contributed by atoms with Gasteiger partial charge in [0, 0.05) is 19.6 Å². The van der Waals surface area contributed by atoms with Crippen LogP contribution in [0.5, 0.6) is 0 Å². The van der Waals surface area contributed by atoms with E-state index in [2.05, 4.69) is 20.3 Å². The number of hydrogen-bond acceptors (Lipinski definition) is 3. The van der Waals surface area contributed by atoms with Crippen LogP contribution in [0.3, 0.4) is 0 Å². The van der Waals surface area contributed by atoms with E-state index >= 15 is 0 Å². The van der Waals surface area contributed by atoms with Gasteiger partial charge in [-0.25, -0.2) is 22.5 Å². The average molecular weight is 384 g/mol. The second-order valence-corrected chi connectivity index (χ2v) is 6.92. The predicted molar refractivity (Wildman–Crippen MR) is 87.1 cm³/mol. The first-order valence-electron chi connectivity index (χ1n) is 7.35. The number of hydrogen-bond donors (Lipinski definition) is 3. The molecule has 0 aliphatic rings. The number of guanidine groups is 1. The van der Waals surface area contributed by atoms with E-state index in [1.165, 1.54) is 0 Å². The molecule has 0 radical (unpaired) electrons. The van der Waals surface area contributed by atoms with Gasteiger partial charge >= 0.3 is 6.18 Å². The first kappa shape index (κ1) is 21.2. The molecule has 1 aromatic rings. The fourth-order valence-corrected chi connectivity index (χ4v) is 2.35. The lowest BCUT2D eigenvalue weighted by atomic mass is 10.1. The molecule has 0 atom stereocenters. The van der Waals surface area contributed by atoms with Crippen molar-refractivity contribution in [1.29, 1.82) is 0 Å². The van der Waals surface area contributed by atoms with Crippen LogP contribution >= 0.6 is 0 Å². The van der Waals surface area contributed by atoms with Crippen LogP contribution < -0.4 is 15.4 Å². The molecule has 0 fully saturated rings. The maximum atomic E-state index is 13.1. The van der Waals surface area contributed by atoms with Crippen molar-refractivity contribution in [2.75, 3.05) is 25.9 Å². The zero-order valence-corrected chi connectivity index (χ0v) is 14.6. The van der Waals surface area contributed by atoms with Crippen molar-refractivity contribution in [1.82, 2.24) is 15.4 Å². The SMILES string of the molecule is CCNC(=NCc1ccc(F)cc1C(F)(F)F)NCCNS(C)(=O)=O. The highest BCUT2D eigenvalue weighted by atomic mass is 32.2. The Balaban J connectivity index is 2.81. The minimum Gasteiger partial charge on any atom is -0.357 e. The highest BCUT2D eigenvalue weighted by Crippen LogP contribution is 2.32. The fourth-order valence-electron chi connectivity index (χ4n) is 1.87. The first-order valence-corrected chi connectivity index (χ1v) is 9.24. The summed E-state index contributed by atoms with van der Waals surface area (Å²) in [6.07, 6.45) is -3.67. The molecule has 1 aromatic carbocycles. The van der Waals surface area contributed by atoms with Crippen LogP contribution in [0.2, 0.25) is 0 Å². The van der Waals surface area contributed by atoms with Gasteiger partial charge in [0.05, 0.1) is 18.4 Å². The number of rotatable bonds is 7. The quantitative estimate of drug-likeness (QED) is 0.288. The lowest BCUT2D eigenvalue weighted by Gasteiger charge is -2.14. The summed E-state index contributed by atoms with van der Waals surface area (Å²) < 4.78 is 76.1. The summed E-state index contributed by atoms with van der Waals surface area (Å²) >= 11 is 0. The van der Waals surface area contributed by atoms with Crippen LogP contribution in [0.1, 0.15) is 18.1 Å². The van der Waals surface area contributed by atoms with Crippen LogP contribution in [-0.2, 0) is 22.7 Å². The zero-order valence-electron chi connectivity index (χ0n) is 13.7. The molecular weight excluding hydrogens is 364 g/mol. The second-order valence-electron chi connectivity index (χ2n) is 5.09. The molecule has 0 aliphatic carbocycles. The van der Waals surface area contributed by atoms with Crippen LogP contribution in [-0.4, -0.2) is 40.3 Å². The summed E-state index contributed by atoms with van der Waals surface area (Å²) in [6.45, 7) is 2.19. The third kappa shape index (κ3) is 8.16. The Kier molecular flexibility index (Phi) is 7.61. The Morgan fingerprint density at radius 3 is 2.44 bits per heavy atom. The molecule has 0 aliphatic heterocycles. The number of nitrogens with zero attached hydrogens (tertiary/aromatic N) is 1. The average Bonchev–Trinajstić information content (AvgIpc) is 2.48. The highest BCUT2D eigenvalue weighted by Gasteiger charge is 2.33. The van der Waals surface area contributed by atoms with Crippen molar-refractivity contribution in [2.45, 2.75) is 19.6 Å². The lowest BCUT2D eigenvalue weighted by molar-refractivity contribution is -0.138. The van der Waals surface area contributed by atoms with Crippen LogP contribution in [0.15, 0.2) is 23.2 Å². The smallest absolute Gasteiger partial charge is 0.357 e. The maximum Gasteiger partial charge on any atom is 0.416 e. The minimum absolute atomic E-state index is 0.0909. The van der Waals surface area contributed by atoms with Gasteiger partial charge in [0.25, 0.3) is 0 Å². The fraction of sp³-hybridized carbons (Fsp3) is 0.500. The Morgan fingerprint density at radius 1 is 1.20 bits per heavy atom. The van der Waals surface area contributed by atoms with Crippen LogP contribution in [0.25, 0.3) is 0 Å². The summed E-state index contributed by atoms with van der Waals surface area (Å²) in [5.74, 6) is -0.757. The molecule has 0 aromatic heterocycles. The van der Waals surface area contributed by atoms with Crippen LogP contribution in [0.4, 0.5) is 17.6 Å². The van der Waals surface area contributed by atoms with E-state index in [1.807, 2.05) is 0 Å². The van der Waals surface area contributed by atoms with Crippen molar-refractivity contribution < 1.29 is 26.0 Å². The summed E-state index contributed by atoms with van der Waals surface area (Å²) in [7, 11) is -3.33. The number of halogens is 4. The molecule has 11 heteroatoms. The largest absolute Gasteiger partial charge is 0.416 e. The molecule has 0 heterocycles. The Labute approximate surface area is 143 Å². The highest BCUT2D eigenvalue weighted by molar-refractivity contribution is 7.88. The summed E-state index contributed by atoms with van der Waals surface area (Å²) in [5.41, 5.74) is -1.24. The lowest BCUT2D eigenvalue weighted by Crippen LogP contribution is -2.41. The molecule has 0 unspecified atom stereocenters. The standard InChI is InChI=1S/C14H20F4N4O2S/c1-3-19-13(20-6-7-22-25(2,23)24)21-9-10-4-5-11(15)8-12(10)14(16,17)18/h4-5,8,22H,3,6-7,9H2,1-2H3,(H2,19,20,21). The Morgan fingerprint density at radius 2 is 1.88 bits per heavy atom. The predicted octanol–water partition coefficient (Wildman–Crippen LogP) is 1.45. The van der Waals surface area contributed by atoms with Crippen LogP contribution in [0, 0.1) is 5.82 Å². The van der Waals surface area contributed by atoms with E-state index < -0.39 is 27.6 Å². The number of nitrogens with one attached hydrogen (secondary N) is 3. The molecule has 0 amide bonds. The van der Waals surface area contributed by atoms with Gasteiger partial charge in [-0.15, -0.1) is 0 Å². The van der Waals surface area contributed by atoms with Gasteiger partial charge in [0.1, 0.15) is 5.82 Å². The van der Waals surface area contributed by atoms with Gasteiger partial charge in [0.15, 0.2) is 5.96 Å². The van der Waals surface area contributed by atoms with Gasteiger partial charge < -0.3 is 10.6 Å². The molecule has 6 nitrogen and oxygen atoms in total. The van der Waals surface area contributed by atoms with E-state index in [1.54, 1.807) is 6.92 Å². The van der Waals surface area contributed by atoms with E-state index in [-0.39, 0.29) is 31.2 Å². The Bertz CT molecular complexity index is 705. The van der Waals surface area contributed by atoms with Gasteiger partial charge in [-0.1, -0.05) is 6.07 Å². The molecule has 25 heavy (non-hydrogen) atoms. The molecular formula is C14H20F4N4O2S. The normalized spacial score (nSPS) is 13.0. The van der Waals surface area contributed by atoms with Crippen molar-refractivity contribution in [2.24, 2.45) is 4.99 Å². The summed E-state index contributed by atoms with van der Waals surface area (Å²) in [4.78, 5) is 4.02. The molecule has 0 saturated heterocycles. The van der Waals surface area contributed by atoms with E-state index in [0.29, 0.717) is 12.6 Å². The molecule has 142 valence electrons. The first-order chi connectivity index (χ1) is 11.5. The molecule has 0 saturated carbocycles. The third-order valence-electron chi connectivity index (χ3n) is 2.91. The molecule has 1 rings (SSSR count). The van der Waals surface area contributed by atoms with Crippen molar-refractivity contribution in [3.63, 3.8) is 0 Å². The van der Waals surface area contributed by atoms with E-state index in [0.717, 1.165) is 18.4 Å². The van der Waals surface area contributed by atoms with Gasteiger partial charge in [-0.05, 0) is 24.6 Å². The minimum atomic E-state index is -4.68. The third-order valence-corrected chi connectivity index (χ3v) is 3.64. The Hall–Kier alpha value is -1.88. The van der Waals surface area contributed by atoms with Crippen molar-refractivity contribution >= 4 is 16.0 Å². The second kappa shape index (κ2) is 8.99. The molecule has 3 N–H and O–H groups in total. The molecule has 0 bridgehead atoms. The van der Waals surface area contributed by atoms with Gasteiger partial charge in [-0.2, -0.15) is 13.2 Å². The van der Waals surface area contributed by atoms with Crippen molar-refractivity contribution in [3.8, 4) is 0 Å². The molecule has 0 spiro atoms. The zero-order chi connectivity index (χ0) is 19.1. The maximum absolute atomic E-state index is 13.1. The van der Waals surface area contributed by atoms with Crippen molar-refractivity contribution in [3.05, 3.63) is 35.1 Å². The number of benzene rings is 1. The summed E-state index contributed by atoms with van der Waals surface area (Å²) in [5, 5.41) is 5.62. The topological polar surface area (TPSA) is 82.6 Å². The van der Waals surface area contributed by atoms with E-state index in [9.17, 15) is 26.0 Å². The van der Waals surface area contributed by atoms with E-state index in [4.69, 9.17) is 0 Å². The number of sulfonamides is 1. The number of alkyl halides is 3. The monoisotopic (exact) mass is 384 g/mol. The summed E-state index contributed by atoms with van der Waals surface area (Å²) in [6, 6.07) is 2.41. The van der Waals surface area contributed by atoms with Gasteiger partial charge in [0.2, 0.25) is 10.0 Å². The number of aliphatic imine (C=N–C) groups is 1. The van der Waals surface area contributed by atoms with Gasteiger partial charge in [-0.3, -0.25) is 0 Å².